The fraction of sp³-hybridized carbons (Fsp3) is 0.568. The van der Waals surface area contributed by atoms with E-state index in [2.05, 4.69) is 158 Å². The van der Waals surface area contributed by atoms with Gasteiger partial charge in [-0.05, 0) is 168 Å². The van der Waals surface area contributed by atoms with Crippen molar-refractivity contribution in [2.45, 2.75) is 323 Å². The maximum absolute atomic E-state index is 2.61. The highest BCUT2D eigenvalue weighted by Crippen LogP contribution is 2.48. The molecule has 8 heteroatoms. The van der Waals surface area contributed by atoms with Gasteiger partial charge in [0.1, 0.15) is 0 Å². The molecule has 0 amide bonds. The summed E-state index contributed by atoms with van der Waals surface area (Å²) in [5.41, 5.74) is 9.12. The standard InChI is InChI=1S/C88H122S8/c1-5-9-13-17-21-25-29-33-37-41-45-71-61-63-89-85(71)81-57-53-77(93-81)79-55-59-83(95-79)87-73(47-43-39-35-31-27-23-19-15-11-7-3)67-75(91-87)65-69-49-51-70(52-50-69)66-76-68-74(48-44-40-36-32-28-24-20-16-12-8-4)88(92-76)84-60-56-80(96-84)78-54-58-82(94-78)86-72(62-64-90-86)46-42-38-34-30-26-22-18-14-10-6-2/h49-64,67-68H,5-48,65-66H2,1-4H3. The summed E-state index contributed by atoms with van der Waals surface area (Å²) in [6.07, 6.45) is 62.2. The van der Waals surface area contributed by atoms with Gasteiger partial charge in [-0.1, -0.05) is 283 Å². The molecule has 0 atom stereocenters. The average molecular weight is 1440 g/mol. The fourth-order valence-corrected chi connectivity index (χ4v) is 23.4. The van der Waals surface area contributed by atoms with Crippen molar-refractivity contribution in [3.8, 4) is 58.5 Å². The zero-order valence-corrected chi connectivity index (χ0v) is 66.7. The van der Waals surface area contributed by atoms with Crippen LogP contribution in [-0.4, -0.2) is 0 Å². The molecule has 522 valence electrons. The Balaban J connectivity index is 0.833. The third-order valence-electron chi connectivity index (χ3n) is 20.0. The lowest BCUT2D eigenvalue weighted by Crippen LogP contribution is -1.89. The van der Waals surface area contributed by atoms with E-state index in [1.54, 1.807) is 22.3 Å². The summed E-state index contributed by atoms with van der Waals surface area (Å²) in [5.74, 6) is 0. The number of hydrogen-bond acceptors (Lipinski definition) is 8. The van der Waals surface area contributed by atoms with Gasteiger partial charge in [0.15, 0.2) is 0 Å². The molecule has 9 rings (SSSR count). The van der Waals surface area contributed by atoms with Crippen molar-refractivity contribution in [1.82, 2.24) is 0 Å². The third-order valence-corrected chi connectivity index (χ3v) is 29.7. The molecule has 96 heavy (non-hydrogen) atoms. The molecular weight excluding hydrogens is 1310 g/mol. The van der Waals surface area contributed by atoms with Crippen LogP contribution < -0.4 is 0 Å². The summed E-state index contributed by atoms with van der Waals surface area (Å²) < 4.78 is 0. The topological polar surface area (TPSA) is 0 Å². The monoisotopic (exact) mass is 1430 g/mol. The molecule has 0 radical (unpaired) electrons. The van der Waals surface area contributed by atoms with E-state index in [1.165, 1.54) is 362 Å². The van der Waals surface area contributed by atoms with Crippen LogP contribution in [0.2, 0.25) is 0 Å². The second-order valence-corrected chi connectivity index (χ2v) is 36.7. The zero-order valence-electron chi connectivity index (χ0n) is 60.2. The van der Waals surface area contributed by atoms with Crippen LogP contribution in [0.4, 0.5) is 0 Å². The molecule has 0 unspecified atom stereocenters. The Morgan fingerprint density at radius 3 is 0.708 bits per heavy atom. The maximum Gasteiger partial charge on any atom is 0.0477 e. The van der Waals surface area contributed by atoms with Gasteiger partial charge >= 0.3 is 0 Å². The van der Waals surface area contributed by atoms with Crippen LogP contribution in [0.5, 0.6) is 0 Å². The zero-order chi connectivity index (χ0) is 66.5. The van der Waals surface area contributed by atoms with Gasteiger partial charge in [-0.25, -0.2) is 0 Å². The Kier molecular flexibility index (Phi) is 36.6. The van der Waals surface area contributed by atoms with E-state index in [0.29, 0.717) is 0 Å². The summed E-state index contributed by atoms with van der Waals surface area (Å²) in [6.45, 7) is 9.28. The van der Waals surface area contributed by atoms with Crippen molar-refractivity contribution >= 4 is 90.7 Å². The van der Waals surface area contributed by atoms with Crippen molar-refractivity contribution < 1.29 is 0 Å². The molecule has 8 aromatic heterocycles. The second kappa shape index (κ2) is 45.6. The molecule has 1 aromatic carbocycles. The Morgan fingerprint density at radius 1 is 0.208 bits per heavy atom. The maximum atomic E-state index is 2.61. The summed E-state index contributed by atoms with van der Waals surface area (Å²) >= 11 is 16.1. The van der Waals surface area contributed by atoms with Crippen LogP contribution in [0.1, 0.15) is 328 Å². The molecule has 8 heterocycles. The Hall–Kier alpha value is -3.18. The number of benzene rings is 1. The summed E-state index contributed by atoms with van der Waals surface area (Å²) in [5, 5.41) is 4.66. The van der Waals surface area contributed by atoms with Crippen LogP contribution in [-0.2, 0) is 38.5 Å². The van der Waals surface area contributed by atoms with Crippen LogP contribution in [0.3, 0.4) is 0 Å². The van der Waals surface area contributed by atoms with E-state index < -0.39 is 0 Å². The molecule has 0 bridgehead atoms. The largest absolute Gasteiger partial charge is 0.143 e. The quantitative estimate of drug-likeness (QED) is 0.0333. The number of thiophene rings is 8. The van der Waals surface area contributed by atoms with Crippen LogP contribution >= 0.6 is 90.7 Å². The van der Waals surface area contributed by atoms with Crippen molar-refractivity contribution in [2.24, 2.45) is 0 Å². The van der Waals surface area contributed by atoms with Gasteiger partial charge < -0.3 is 0 Å². The minimum atomic E-state index is 0.997. The molecule has 0 nitrogen and oxygen atoms in total. The van der Waals surface area contributed by atoms with Gasteiger partial charge in [0, 0.05) is 81.1 Å². The van der Waals surface area contributed by atoms with Crippen molar-refractivity contribution in [3.63, 3.8) is 0 Å². The molecule has 0 saturated carbocycles. The van der Waals surface area contributed by atoms with E-state index in [9.17, 15) is 0 Å². The highest BCUT2D eigenvalue weighted by atomic mass is 32.1. The highest BCUT2D eigenvalue weighted by molar-refractivity contribution is 7.29. The van der Waals surface area contributed by atoms with Crippen LogP contribution in [0.15, 0.2) is 108 Å². The number of rotatable bonds is 54. The number of aryl methyl sites for hydroxylation is 4. The van der Waals surface area contributed by atoms with Crippen molar-refractivity contribution in [3.05, 3.63) is 151 Å². The van der Waals surface area contributed by atoms with E-state index in [1.807, 2.05) is 68.0 Å². The third kappa shape index (κ3) is 26.3. The molecule has 0 aliphatic rings. The molecular formula is C88H122S8. The lowest BCUT2D eigenvalue weighted by molar-refractivity contribution is 0.556. The van der Waals surface area contributed by atoms with Gasteiger partial charge in [-0.15, -0.1) is 90.7 Å². The predicted octanol–water partition coefficient (Wildman–Crippen LogP) is 33.2. The highest BCUT2D eigenvalue weighted by Gasteiger charge is 2.20. The molecule has 0 aliphatic carbocycles. The minimum Gasteiger partial charge on any atom is -0.143 e. The predicted molar refractivity (Wildman–Crippen MR) is 443 cm³/mol. The molecule has 0 N–H and O–H groups in total. The van der Waals surface area contributed by atoms with Gasteiger partial charge in [0.05, 0.1) is 0 Å². The lowest BCUT2D eigenvalue weighted by atomic mass is 10.0. The molecule has 0 fully saturated rings. The first-order valence-corrected chi connectivity index (χ1v) is 46.0. The van der Waals surface area contributed by atoms with E-state index >= 15 is 0 Å². The first-order valence-electron chi connectivity index (χ1n) is 39.3. The Bertz CT molecular complexity index is 3210. The summed E-state index contributed by atoms with van der Waals surface area (Å²) in [6, 6.07) is 39.2. The average Bonchev–Trinajstić information content (AvgIpc) is 1.75. The van der Waals surface area contributed by atoms with Gasteiger partial charge in [0.25, 0.3) is 0 Å². The van der Waals surface area contributed by atoms with E-state index in [4.69, 9.17) is 0 Å². The number of unbranched alkanes of at least 4 members (excludes halogenated alkanes) is 36. The summed E-state index contributed by atoms with van der Waals surface area (Å²) in [7, 11) is 0. The van der Waals surface area contributed by atoms with Gasteiger partial charge in [0.2, 0.25) is 0 Å². The molecule has 0 spiro atoms. The SMILES string of the molecule is CCCCCCCCCCCCc1ccsc1-c1ccc(-c2ccc(-c3sc(Cc4ccc(Cc5cc(CCCCCCCCCCCC)c(-c6ccc(-c7ccc(-c8sccc8CCCCCCCCCCCC)s7)s6)s5)cc4)cc3CCCCCCCCCCCC)s2)s1. The van der Waals surface area contributed by atoms with Crippen LogP contribution in [0, 0.1) is 0 Å². The smallest absolute Gasteiger partial charge is 0.0477 e. The molecule has 0 aliphatic heterocycles. The van der Waals surface area contributed by atoms with E-state index in [-0.39, 0.29) is 0 Å². The Labute approximate surface area is 617 Å². The molecule has 0 saturated heterocycles. The molecule has 9 aromatic rings. The Morgan fingerprint density at radius 2 is 0.438 bits per heavy atom. The first kappa shape index (κ1) is 77.0. The lowest BCUT2D eigenvalue weighted by Gasteiger charge is -2.04. The van der Waals surface area contributed by atoms with Crippen LogP contribution in [0.25, 0.3) is 58.5 Å². The van der Waals surface area contributed by atoms with E-state index in [0.717, 1.165) is 12.8 Å². The fourth-order valence-electron chi connectivity index (χ4n) is 14.2. The van der Waals surface area contributed by atoms with Gasteiger partial charge in [-0.2, -0.15) is 0 Å². The first-order chi connectivity index (χ1) is 47.5. The van der Waals surface area contributed by atoms with Crippen molar-refractivity contribution in [1.29, 1.82) is 0 Å². The summed E-state index contributed by atoms with van der Waals surface area (Å²) in [4.78, 5) is 20.5. The normalized spacial score (nSPS) is 11.8. The van der Waals surface area contributed by atoms with Gasteiger partial charge in [-0.3, -0.25) is 0 Å². The number of hydrogen-bond donors (Lipinski definition) is 0. The minimum absolute atomic E-state index is 0.997. The van der Waals surface area contributed by atoms with Crippen molar-refractivity contribution in [2.75, 3.05) is 0 Å². The second-order valence-electron chi connectivity index (χ2n) is 28.2.